The number of anilines is 2. The molecule has 0 aliphatic rings. The van der Waals surface area contributed by atoms with E-state index in [1.54, 1.807) is 24.7 Å². The number of rotatable bonds is 5. The van der Waals surface area contributed by atoms with Gasteiger partial charge < -0.3 is 10.5 Å². The molecule has 0 saturated carbocycles. The first-order valence-corrected chi connectivity index (χ1v) is 9.61. The number of hydrogen-bond acceptors (Lipinski definition) is 6. The second kappa shape index (κ2) is 8.57. The first-order valence-electron chi connectivity index (χ1n) is 9.61. The minimum absolute atomic E-state index is 0.183. The Labute approximate surface area is 174 Å². The molecule has 0 unspecified atom stereocenters. The Morgan fingerprint density at radius 2 is 1.97 bits per heavy atom. The molecule has 0 aliphatic heterocycles. The summed E-state index contributed by atoms with van der Waals surface area (Å²) < 4.78 is 5.26. The fourth-order valence-corrected chi connectivity index (χ4v) is 3.21. The van der Waals surface area contributed by atoms with E-state index in [0.29, 0.717) is 17.0 Å². The molecule has 0 aliphatic carbocycles. The third-order valence-corrected chi connectivity index (χ3v) is 4.76. The molecule has 3 N–H and O–H groups in total. The Morgan fingerprint density at radius 1 is 1.13 bits per heavy atom. The summed E-state index contributed by atoms with van der Waals surface area (Å²) in [6.45, 7) is 2.26. The van der Waals surface area contributed by atoms with Crippen LogP contribution >= 0.6 is 0 Å². The van der Waals surface area contributed by atoms with Gasteiger partial charge in [-0.1, -0.05) is 37.3 Å². The van der Waals surface area contributed by atoms with Crippen LogP contribution < -0.4 is 11.1 Å². The van der Waals surface area contributed by atoms with Crippen molar-refractivity contribution in [2.45, 2.75) is 20.0 Å². The van der Waals surface area contributed by atoms with Gasteiger partial charge in [-0.3, -0.25) is 10.3 Å². The van der Waals surface area contributed by atoms with E-state index in [-0.39, 0.29) is 6.61 Å². The van der Waals surface area contributed by atoms with Crippen molar-refractivity contribution in [3.05, 3.63) is 78.2 Å². The predicted molar refractivity (Wildman–Crippen MR) is 117 cm³/mol. The summed E-state index contributed by atoms with van der Waals surface area (Å²) in [5.74, 6) is 0.748. The lowest BCUT2D eigenvalue weighted by Gasteiger charge is -2.11. The van der Waals surface area contributed by atoms with Crippen molar-refractivity contribution in [3.63, 3.8) is 0 Å². The summed E-state index contributed by atoms with van der Waals surface area (Å²) >= 11 is 0. The molecule has 30 heavy (non-hydrogen) atoms. The average Bonchev–Trinajstić information content (AvgIpc) is 2.78. The van der Waals surface area contributed by atoms with Gasteiger partial charge in [-0.2, -0.15) is 0 Å². The Hall–Kier alpha value is -4.00. The quantitative estimate of drug-likeness (QED) is 0.509. The molecule has 3 aromatic heterocycles. The van der Waals surface area contributed by atoms with E-state index in [1.807, 2.05) is 42.5 Å². The van der Waals surface area contributed by atoms with E-state index in [2.05, 4.69) is 27.2 Å². The molecule has 4 rings (SSSR count). The molecule has 0 bridgehead atoms. The van der Waals surface area contributed by atoms with Crippen molar-refractivity contribution in [3.8, 4) is 11.3 Å². The number of nitrogen functional groups attached to an aromatic ring is 1. The Morgan fingerprint density at radius 3 is 2.77 bits per heavy atom. The molecular formula is C23H21N5O2. The van der Waals surface area contributed by atoms with Gasteiger partial charge in [-0.25, -0.2) is 14.8 Å². The number of carbonyl (C=O) groups is 1. The summed E-state index contributed by atoms with van der Waals surface area (Å²) in [6.07, 6.45) is 5.42. The number of carbonyl (C=O) groups excluding carboxylic acids is 1. The van der Waals surface area contributed by atoms with Gasteiger partial charge in [0.25, 0.3) is 0 Å². The van der Waals surface area contributed by atoms with E-state index in [1.165, 1.54) is 0 Å². The van der Waals surface area contributed by atoms with E-state index < -0.39 is 6.09 Å². The maximum absolute atomic E-state index is 12.1. The van der Waals surface area contributed by atoms with Crippen LogP contribution in [0.1, 0.15) is 18.1 Å². The number of nitrogens with one attached hydrogen (secondary N) is 1. The SMILES string of the molecule is CCc1ccncc1-c1cc2cc(NC(=O)OCc3ccccc3)ncc2c(N)n1. The second-order valence-electron chi connectivity index (χ2n) is 6.76. The number of nitrogens with zero attached hydrogens (tertiary/aromatic N) is 3. The summed E-state index contributed by atoms with van der Waals surface area (Å²) in [4.78, 5) is 25.1. The van der Waals surface area contributed by atoms with Crippen molar-refractivity contribution >= 4 is 28.5 Å². The van der Waals surface area contributed by atoms with Gasteiger partial charge in [0.2, 0.25) is 0 Å². The van der Waals surface area contributed by atoms with Gasteiger partial charge in [0.05, 0.1) is 5.69 Å². The minimum Gasteiger partial charge on any atom is -0.444 e. The number of aryl methyl sites for hydroxylation is 1. The van der Waals surface area contributed by atoms with Gasteiger partial charge >= 0.3 is 6.09 Å². The van der Waals surface area contributed by atoms with Crippen LogP contribution in [0.25, 0.3) is 22.0 Å². The Bertz CT molecular complexity index is 1190. The zero-order valence-electron chi connectivity index (χ0n) is 16.5. The smallest absolute Gasteiger partial charge is 0.413 e. The topological polar surface area (TPSA) is 103 Å². The maximum Gasteiger partial charge on any atom is 0.413 e. The van der Waals surface area contributed by atoms with Gasteiger partial charge in [0, 0.05) is 29.5 Å². The third kappa shape index (κ3) is 4.20. The van der Waals surface area contributed by atoms with Crippen LogP contribution in [0.2, 0.25) is 0 Å². The van der Waals surface area contributed by atoms with Crippen LogP contribution in [0, 0.1) is 0 Å². The minimum atomic E-state index is -0.575. The van der Waals surface area contributed by atoms with Crippen LogP contribution in [0.5, 0.6) is 0 Å². The average molecular weight is 399 g/mol. The third-order valence-electron chi connectivity index (χ3n) is 4.76. The lowest BCUT2D eigenvalue weighted by Crippen LogP contribution is -2.14. The van der Waals surface area contributed by atoms with Gasteiger partial charge in [-0.05, 0) is 41.1 Å². The normalized spacial score (nSPS) is 10.7. The lowest BCUT2D eigenvalue weighted by molar-refractivity contribution is 0.155. The molecule has 0 atom stereocenters. The molecule has 7 heteroatoms. The highest BCUT2D eigenvalue weighted by Gasteiger charge is 2.11. The van der Waals surface area contributed by atoms with Crippen LogP contribution in [0.15, 0.2) is 67.1 Å². The van der Waals surface area contributed by atoms with E-state index in [9.17, 15) is 4.79 Å². The number of aromatic nitrogens is 3. The van der Waals surface area contributed by atoms with Crippen molar-refractivity contribution in [1.82, 2.24) is 15.0 Å². The first kappa shape index (κ1) is 19.3. The monoisotopic (exact) mass is 399 g/mol. The van der Waals surface area contributed by atoms with Crippen molar-refractivity contribution in [2.24, 2.45) is 0 Å². The number of hydrogen-bond donors (Lipinski definition) is 2. The number of amides is 1. The highest BCUT2D eigenvalue weighted by molar-refractivity contribution is 5.96. The highest BCUT2D eigenvalue weighted by atomic mass is 16.5. The molecule has 1 aromatic carbocycles. The predicted octanol–water partition coefficient (Wildman–Crippen LogP) is 4.59. The molecule has 0 saturated heterocycles. The standard InChI is InChI=1S/C23H21N5O2/c1-2-16-8-9-25-12-18(16)20-10-17-11-21(26-13-19(17)22(24)27-20)28-23(29)30-14-15-6-4-3-5-7-15/h3-13H,2,14H2,1H3,(H2,24,27)(H,26,28,29). The van der Waals surface area contributed by atoms with Gasteiger partial charge in [-0.15, -0.1) is 0 Å². The molecule has 4 aromatic rings. The fraction of sp³-hybridized carbons (Fsp3) is 0.130. The van der Waals surface area contributed by atoms with Crippen LogP contribution in [-0.4, -0.2) is 21.0 Å². The summed E-state index contributed by atoms with van der Waals surface area (Å²) in [5.41, 5.74) is 9.87. The summed E-state index contributed by atoms with van der Waals surface area (Å²) in [6, 6.07) is 15.1. The fourth-order valence-electron chi connectivity index (χ4n) is 3.21. The van der Waals surface area contributed by atoms with Crippen LogP contribution in [0.3, 0.4) is 0 Å². The van der Waals surface area contributed by atoms with Gasteiger partial charge in [0.15, 0.2) is 0 Å². The first-order chi connectivity index (χ1) is 14.6. The number of benzene rings is 1. The number of nitrogens with two attached hydrogens (primary N) is 1. The molecule has 0 radical (unpaired) electrons. The van der Waals surface area contributed by atoms with Crippen molar-refractivity contribution in [2.75, 3.05) is 11.1 Å². The molecule has 3 heterocycles. The van der Waals surface area contributed by atoms with E-state index in [0.717, 1.165) is 34.2 Å². The second-order valence-corrected chi connectivity index (χ2v) is 6.76. The Balaban J connectivity index is 1.57. The number of fused-ring (bicyclic) bond motifs is 1. The summed E-state index contributed by atoms with van der Waals surface area (Å²) in [7, 11) is 0. The highest BCUT2D eigenvalue weighted by Crippen LogP contribution is 2.29. The van der Waals surface area contributed by atoms with Crippen molar-refractivity contribution in [1.29, 1.82) is 0 Å². The van der Waals surface area contributed by atoms with Gasteiger partial charge in [0.1, 0.15) is 18.2 Å². The molecular weight excluding hydrogens is 378 g/mol. The number of pyridine rings is 3. The van der Waals surface area contributed by atoms with Crippen LogP contribution in [-0.2, 0) is 17.8 Å². The molecule has 1 amide bonds. The van der Waals surface area contributed by atoms with Crippen molar-refractivity contribution < 1.29 is 9.53 Å². The molecule has 7 nitrogen and oxygen atoms in total. The largest absolute Gasteiger partial charge is 0.444 e. The maximum atomic E-state index is 12.1. The van der Waals surface area contributed by atoms with E-state index in [4.69, 9.17) is 10.5 Å². The molecule has 0 spiro atoms. The zero-order chi connectivity index (χ0) is 20.9. The number of ether oxygens (including phenoxy) is 1. The lowest BCUT2D eigenvalue weighted by atomic mass is 10.0. The Kier molecular flexibility index (Phi) is 5.52. The van der Waals surface area contributed by atoms with Crippen LogP contribution in [0.4, 0.5) is 16.4 Å². The zero-order valence-corrected chi connectivity index (χ0v) is 16.5. The molecule has 0 fully saturated rings. The summed E-state index contributed by atoms with van der Waals surface area (Å²) in [5, 5.41) is 4.19. The van der Waals surface area contributed by atoms with E-state index >= 15 is 0 Å². The molecule has 150 valence electrons.